The van der Waals surface area contributed by atoms with E-state index in [4.69, 9.17) is 25.8 Å². The Hall–Kier alpha value is -3.08. The summed E-state index contributed by atoms with van der Waals surface area (Å²) < 4.78 is 30.6. The summed E-state index contributed by atoms with van der Waals surface area (Å²) in [6.45, 7) is 1.80. The lowest BCUT2D eigenvalue weighted by Gasteiger charge is -2.21. The van der Waals surface area contributed by atoms with Crippen LogP contribution in [0.15, 0.2) is 60.7 Å². The number of halogens is 1. The summed E-state index contributed by atoms with van der Waals surface area (Å²) in [7, 11) is -0.325. The molecular formula is C24H22ClO6P. The Morgan fingerprint density at radius 2 is 1.28 bits per heavy atom. The third-order valence-corrected chi connectivity index (χ3v) is 7.90. The molecule has 0 amide bonds. The van der Waals surface area contributed by atoms with E-state index in [-0.39, 0.29) is 38.7 Å². The second-order valence-corrected chi connectivity index (χ2v) is 9.87. The highest BCUT2D eigenvalue weighted by molar-refractivity contribution is 8.01. The Bertz CT molecular complexity index is 1200. The normalized spacial score (nSPS) is 12.5. The minimum Gasteiger partial charge on any atom is -0.496 e. The number of hydrogen-bond donors (Lipinski definition) is 0. The molecule has 0 bridgehead atoms. The third kappa shape index (κ3) is 4.04. The maximum absolute atomic E-state index is 14.5. The van der Waals surface area contributed by atoms with Gasteiger partial charge in [0.1, 0.15) is 22.8 Å². The molecule has 0 N–H and O–H groups in total. The molecule has 3 rings (SSSR count). The van der Waals surface area contributed by atoms with Crippen molar-refractivity contribution in [1.82, 2.24) is 0 Å². The van der Waals surface area contributed by atoms with Crippen LogP contribution in [0.5, 0.6) is 17.2 Å². The maximum Gasteiger partial charge on any atom is 0.249 e. The molecule has 0 heterocycles. The Morgan fingerprint density at radius 3 is 1.81 bits per heavy atom. The topological polar surface area (TPSA) is 78.9 Å². The van der Waals surface area contributed by atoms with E-state index in [0.717, 1.165) is 5.56 Å². The first-order chi connectivity index (χ1) is 15.3. The molecule has 0 fully saturated rings. The first-order valence-electron chi connectivity index (χ1n) is 9.60. The fraction of sp³-hybridized carbons (Fsp3) is 0.167. The predicted octanol–water partition coefficient (Wildman–Crippen LogP) is 5.34. The number of carbonyl (C=O) groups is 2. The van der Waals surface area contributed by atoms with Crippen LogP contribution < -0.4 is 19.5 Å². The molecule has 6 nitrogen and oxygen atoms in total. The van der Waals surface area contributed by atoms with E-state index >= 15 is 0 Å². The van der Waals surface area contributed by atoms with Gasteiger partial charge >= 0.3 is 0 Å². The Labute approximate surface area is 191 Å². The van der Waals surface area contributed by atoms with Gasteiger partial charge in [-0.05, 0) is 36.8 Å². The van der Waals surface area contributed by atoms with Gasteiger partial charge in [0.2, 0.25) is 18.2 Å². The highest BCUT2D eigenvalue weighted by Crippen LogP contribution is 2.55. The van der Waals surface area contributed by atoms with E-state index in [2.05, 4.69) is 0 Å². The van der Waals surface area contributed by atoms with Crippen molar-refractivity contribution in [2.75, 3.05) is 21.3 Å². The molecule has 166 valence electrons. The smallest absolute Gasteiger partial charge is 0.249 e. The maximum atomic E-state index is 14.5. The third-order valence-electron chi connectivity index (χ3n) is 4.96. The van der Waals surface area contributed by atoms with Gasteiger partial charge in [-0.3, -0.25) is 9.59 Å². The van der Waals surface area contributed by atoms with Crippen LogP contribution in [0.25, 0.3) is 0 Å². The molecule has 0 aromatic heterocycles. The van der Waals surface area contributed by atoms with Gasteiger partial charge in [-0.15, -0.1) is 0 Å². The quantitative estimate of drug-likeness (QED) is 0.411. The van der Waals surface area contributed by atoms with E-state index in [1.54, 1.807) is 43.3 Å². The molecule has 0 aliphatic heterocycles. The summed E-state index contributed by atoms with van der Waals surface area (Å²) in [6, 6.07) is 15.7. The van der Waals surface area contributed by atoms with Crippen LogP contribution in [-0.4, -0.2) is 32.4 Å². The average Bonchev–Trinajstić information content (AvgIpc) is 2.82. The molecule has 0 radical (unpaired) electrons. The van der Waals surface area contributed by atoms with Crippen LogP contribution in [-0.2, 0) is 4.57 Å². The molecule has 0 saturated carbocycles. The van der Waals surface area contributed by atoms with Gasteiger partial charge in [0.05, 0.1) is 31.9 Å². The highest BCUT2D eigenvalue weighted by Gasteiger charge is 2.46. The number of benzene rings is 3. The van der Waals surface area contributed by atoms with Crippen molar-refractivity contribution in [3.8, 4) is 17.2 Å². The molecule has 1 unspecified atom stereocenters. The number of carbonyl (C=O) groups excluding carboxylic acids is 2. The van der Waals surface area contributed by atoms with Crippen molar-refractivity contribution >= 4 is 35.1 Å². The van der Waals surface area contributed by atoms with Crippen LogP contribution in [0.2, 0.25) is 5.02 Å². The first kappa shape index (κ1) is 23.6. The predicted molar refractivity (Wildman–Crippen MR) is 125 cm³/mol. The summed E-state index contributed by atoms with van der Waals surface area (Å²) in [5.74, 6) is 0.429. The molecule has 0 saturated heterocycles. The minimum atomic E-state index is -4.46. The number of aryl methyl sites for hydroxylation is 1. The zero-order valence-corrected chi connectivity index (χ0v) is 19.7. The van der Waals surface area contributed by atoms with E-state index in [1.165, 1.54) is 45.6 Å². The average molecular weight is 473 g/mol. The van der Waals surface area contributed by atoms with Crippen molar-refractivity contribution in [2.45, 2.75) is 6.92 Å². The second kappa shape index (κ2) is 9.60. The van der Waals surface area contributed by atoms with Crippen LogP contribution >= 0.6 is 18.7 Å². The summed E-state index contributed by atoms with van der Waals surface area (Å²) in [5, 5.41) is 0.0998. The SMILES string of the molecule is COc1cccc(Cl)c1C(=O)P(=O)(C(=O)c1c(OC)cc(C)cc1OC)c1ccccc1. The number of hydrogen-bond acceptors (Lipinski definition) is 6. The van der Waals surface area contributed by atoms with Crippen molar-refractivity contribution in [3.05, 3.63) is 82.4 Å². The summed E-state index contributed by atoms with van der Waals surface area (Å²) in [5.41, 5.74) is -1.27. The van der Waals surface area contributed by atoms with Crippen LogP contribution in [0, 0.1) is 6.92 Å². The van der Waals surface area contributed by atoms with E-state index in [9.17, 15) is 14.2 Å². The number of rotatable bonds is 8. The molecule has 0 aliphatic rings. The summed E-state index contributed by atoms with van der Waals surface area (Å²) >= 11 is 6.30. The van der Waals surface area contributed by atoms with Gasteiger partial charge in [0.25, 0.3) is 0 Å². The Balaban J connectivity index is 2.35. The molecule has 0 aliphatic carbocycles. The number of ether oxygens (including phenoxy) is 3. The van der Waals surface area contributed by atoms with Gasteiger partial charge < -0.3 is 18.8 Å². The molecule has 0 spiro atoms. The van der Waals surface area contributed by atoms with Crippen molar-refractivity contribution < 1.29 is 28.4 Å². The van der Waals surface area contributed by atoms with Gasteiger partial charge in [-0.2, -0.15) is 0 Å². The van der Waals surface area contributed by atoms with E-state index in [0.29, 0.717) is 0 Å². The lowest BCUT2D eigenvalue weighted by molar-refractivity contribution is 0.103. The van der Waals surface area contributed by atoms with Gasteiger partial charge in [-0.25, -0.2) is 0 Å². The van der Waals surface area contributed by atoms with Gasteiger partial charge in [0, 0.05) is 5.30 Å². The van der Waals surface area contributed by atoms with Crippen molar-refractivity contribution in [3.63, 3.8) is 0 Å². The highest BCUT2D eigenvalue weighted by atomic mass is 35.5. The van der Waals surface area contributed by atoms with Crippen molar-refractivity contribution in [2.24, 2.45) is 0 Å². The largest absolute Gasteiger partial charge is 0.496 e. The van der Waals surface area contributed by atoms with Gasteiger partial charge in [-0.1, -0.05) is 48.0 Å². The molecule has 1 atom stereocenters. The molecule has 3 aromatic carbocycles. The Kier molecular flexibility index (Phi) is 7.07. The van der Waals surface area contributed by atoms with Crippen LogP contribution in [0.1, 0.15) is 26.3 Å². The van der Waals surface area contributed by atoms with Crippen molar-refractivity contribution in [1.29, 1.82) is 0 Å². The fourth-order valence-electron chi connectivity index (χ4n) is 3.42. The lowest BCUT2D eigenvalue weighted by Crippen LogP contribution is -2.22. The summed E-state index contributed by atoms with van der Waals surface area (Å²) in [4.78, 5) is 27.8. The lowest BCUT2D eigenvalue weighted by atomic mass is 10.1. The van der Waals surface area contributed by atoms with Gasteiger partial charge in [0.15, 0.2) is 0 Å². The molecule has 32 heavy (non-hydrogen) atoms. The summed E-state index contributed by atoms with van der Waals surface area (Å²) in [6.07, 6.45) is 0. The van der Waals surface area contributed by atoms with E-state index in [1.807, 2.05) is 0 Å². The first-order valence-corrected chi connectivity index (χ1v) is 11.7. The minimum absolute atomic E-state index is 0.0288. The monoisotopic (exact) mass is 472 g/mol. The number of methoxy groups -OCH3 is 3. The van der Waals surface area contributed by atoms with E-state index < -0.39 is 18.2 Å². The standard InChI is InChI=1S/C24H22ClO6P/c1-15-13-19(30-3)22(20(14-15)31-4)24(27)32(28,16-9-6-5-7-10-16)23(26)21-17(25)11-8-12-18(21)29-2/h5-14H,1-4H3. The molecular weight excluding hydrogens is 451 g/mol. The molecule has 3 aromatic rings. The fourth-order valence-corrected chi connectivity index (χ4v) is 6.06. The second-order valence-electron chi connectivity index (χ2n) is 6.92. The van der Waals surface area contributed by atoms with Crippen LogP contribution in [0.3, 0.4) is 0 Å². The zero-order chi connectivity index (χ0) is 23.5. The Morgan fingerprint density at radius 1 is 0.750 bits per heavy atom. The van der Waals surface area contributed by atoms with Crippen LogP contribution in [0.4, 0.5) is 0 Å². The zero-order valence-electron chi connectivity index (χ0n) is 18.0. The molecule has 8 heteroatoms.